The van der Waals surface area contributed by atoms with E-state index in [1.807, 2.05) is 33.8 Å². The maximum atomic E-state index is 12.6. The number of nitrogens with zero attached hydrogens (tertiary/aromatic N) is 1. The lowest BCUT2D eigenvalue weighted by Gasteiger charge is -2.24. The highest BCUT2D eigenvalue weighted by Gasteiger charge is 2.29. The first-order valence-electron chi connectivity index (χ1n) is 30.0. The molecule has 0 amide bonds. The number of carbonyl (C=O) groups excluding carboxylic acids is 3. The maximum Gasteiger partial charge on any atom is 0.306 e. The average molecular weight is 966 g/mol. The molecule has 0 aromatic carbocycles. The Labute approximate surface area is 427 Å². The van der Waals surface area contributed by atoms with Crippen molar-refractivity contribution in [3.8, 4) is 0 Å². The largest absolute Gasteiger partial charge is 0.462 e. The van der Waals surface area contributed by atoms with Crippen LogP contribution in [0.2, 0.25) is 0 Å². The van der Waals surface area contributed by atoms with Gasteiger partial charge in [0.15, 0.2) is 0 Å². The highest BCUT2D eigenvalue weighted by Crippen LogP contribution is 2.20. The Balaban J connectivity index is -0.000000666. The summed E-state index contributed by atoms with van der Waals surface area (Å²) in [7, 11) is 0. The number of hydrogen-bond donors (Lipinski definition) is 1. The fraction of sp³-hybridized carbons (Fsp3) is 0.918. The Kier molecular flexibility index (Phi) is 68.1. The highest BCUT2D eigenvalue weighted by molar-refractivity contribution is 5.77. The average Bonchev–Trinajstić information content (AvgIpc) is 3.69. The molecule has 0 unspecified atom stereocenters. The van der Waals surface area contributed by atoms with Gasteiger partial charge in [-0.05, 0) is 90.5 Å². The van der Waals surface area contributed by atoms with Crippen LogP contribution in [-0.2, 0) is 23.9 Å². The lowest BCUT2D eigenvalue weighted by atomic mass is 10.0. The molecule has 0 aliphatic carbocycles. The van der Waals surface area contributed by atoms with Crippen molar-refractivity contribution in [2.24, 2.45) is 5.73 Å². The van der Waals surface area contributed by atoms with Crippen molar-refractivity contribution in [1.29, 1.82) is 0 Å². The molecular weight excluding hydrogens is 841 g/mol. The van der Waals surface area contributed by atoms with Gasteiger partial charge in [0.05, 0.1) is 6.61 Å². The number of hydrogen-bond acceptors (Lipinski definition) is 7. The number of esters is 1. The minimum absolute atomic E-state index is 0.0171. The molecule has 68 heavy (non-hydrogen) atoms. The number of nitrogens with two attached hydrogens (primary N) is 1. The predicted octanol–water partition coefficient (Wildman–Crippen LogP) is 18.6. The zero-order valence-electron chi connectivity index (χ0n) is 48.0. The topological polar surface area (TPSA) is 98.9 Å². The second kappa shape index (κ2) is 63.4. The van der Waals surface area contributed by atoms with Gasteiger partial charge < -0.3 is 20.0 Å². The summed E-state index contributed by atoms with van der Waals surface area (Å²) in [6.45, 7) is 28.0. The first kappa shape index (κ1) is 73.0. The smallest absolute Gasteiger partial charge is 0.306 e. The molecule has 1 aliphatic rings. The summed E-state index contributed by atoms with van der Waals surface area (Å²) in [5, 5.41) is 0. The molecule has 408 valence electrons. The lowest BCUT2D eigenvalue weighted by molar-refractivity contribution is -0.150. The van der Waals surface area contributed by atoms with Gasteiger partial charge in [-0.15, -0.1) is 6.58 Å². The highest BCUT2D eigenvalue weighted by atomic mass is 16.5. The number of unbranched alkanes of at least 4 members (excludes halogenated alkanes) is 25. The molecule has 0 aromatic rings. The number of ketones is 2. The molecule has 0 saturated carbocycles. The third-order valence-electron chi connectivity index (χ3n) is 12.5. The summed E-state index contributed by atoms with van der Waals surface area (Å²) in [5.74, 6) is 0.685. The summed E-state index contributed by atoms with van der Waals surface area (Å²) >= 11 is 0. The Hall–Kier alpha value is -1.57. The second-order valence-corrected chi connectivity index (χ2v) is 19.7. The van der Waals surface area contributed by atoms with E-state index < -0.39 is 0 Å². The van der Waals surface area contributed by atoms with Crippen molar-refractivity contribution in [2.45, 2.75) is 338 Å². The molecule has 0 bridgehead atoms. The fourth-order valence-corrected chi connectivity index (χ4v) is 8.43. The van der Waals surface area contributed by atoms with E-state index in [0.29, 0.717) is 36.9 Å². The monoisotopic (exact) mass is 965 g/mol. The predicted molar refractivity (Wildman–Crippen MR) is 301 cm³/mol. The van der Waals surface area contributed by atoms with Crippen LogP contribution in [-0.4, -0.2) is 66.9 Å². The van der Waals surface area contributed by atoms with E-state index in [4.69, 9.17) is 15.2 Å². The Morgan fingerprint density at radius 1 is 0.588 bits per heavy atom. The van der Waals surface area contributed by atoms with Crippen LogP contribution in [0.3, 0.4) is 0 Å². The summed E-state index contributed by atoms with van der Waals surface area (Å²) in [5.41, 5.74) is 6.24. The van der Waals surface area contributed by atoms with Gasteiger partial charge in [-0.3, -0.25) is 14.5 Å². The number of rotatable bonds is 44. The van der Waals surface area contributed by atoms with Crippen molar-refractivity contribution in [3.63, 3.8) is 0 Å². The van der Waals surface area contributed by atoms with Crippen LogP contribution >= 0.6 is 0 Å². The molecule has 2 N–H and O–H groups in total. The van der Waals surface area contributed by atoms with E-state index in [1.165, 1.54) is 148 Å². The van der Waals surface area contributed by atoms with E-state index in [1.54, 1.807) is 6.92 Å². The van der Waals surface area contributed by atoms with E-state index in [2.05, 4.69) is 46.1 Å². The normalized spacial score (nSPS) is 14.1. The quantitative estimate of drug-likeness (QED) is 0.0369. The number of Topliss-reactive ketones (excluding diaryl/α,β-unsaturated/α-hetero) is 2. The molecule has 1 fully saturated rings. The van der Waals surface area contributed by atoms with Crippen LogP contribution in [0, 0.1) is 0 Å². The van der Waals surface area contributed by atoms with Crippen molar-refractivity contribution in [2.75, 3.05) is 26.3 Å². The van der Waals surface area contributed by atoms with E-state index >= 15 is 0 Å². The molecular formula is C61H124N2O5. The van der Waals surface area contributed by atoms with Crippen LogP contribution in [0.5, 0.6) is 0 Å². The zero-order valence-corrected chi connectivity index (χ0v) is 48.0. The van der Waals surface area contributed by atoms with Gasteiger partial charge >= 0.3 is 5.97 Å². The molecule has 7 heteroatoms. The molecule has 0 spiro atoms. The molecule has 1 aliphatic heterocycles. The Bertz CT molecular complexity index is 989. The van der Waals surface area contributed by atoms with Gasteiger partial charge in [0, 0.05) is 50.9 Å². The van der Waals surface area contributed by atoms with Crippen molar-refractivity contribution in [1.82, 2.24) is 4.90 Å². The fourth-order valence-electron chi connectivity index (χ4n) is 8.43. The van der Waals surface area contributed by atoms with Gasteiger partial charge in [0.25, 0.3) is 0 Å². The summed E-state index contributed by atoms with van der Waals surface area (Å²) in [6.07, 6.45) is 48.3. The number of ether oxygens (including phenoxy) is 2. The molecule has 1 rings (SSSR count). The standard InChI is InChI=1S/C37H72N2O4.C13H26.C6H12O.C3H8.C2H6/c1-4-6-8-10-13-19-25-36(26-20-14-11-9-7-5-2)43-37(41)27-21-15-12-16-23-29-42-32-35-30-34(38)31-39(35)28-22-17-18-24-33(3)40;1-3-5-7-9-11-13-12-10-8-6-4-2;1-3-5-6(7)4-2;1-3-2;1-2/h34-36H,4-32,38H2,1-3H3;3H,1,4-13H2,2H3;3-5H2,1-2H3;3H2,1-2H3;1-2H3/t34-,35-;;;;/m0..../s1. The van der Waals surface area contributed by atoms with Gasteiger partial charge in [0.1, 0.15) is 17.7 Å². The molecule has 1 saturated heterocycles. The van der Waals surface area contributed by atoms with Crippen LogP contribution in [0.15, 0.2) is 12.7 Å². The number of likely N-dealkylation sites (tertiary alicyclic amines) is 1. The van der Waals surface area contributed by atoms with E-state index in [-0.39, 0.29) is 18.1 Å². The van der Waals surface area contributed by atoms with Crippen LogP contribution in [0.4, 0.5) is 0 Å². The van der Waals surface area contributed by atoms with Crippen LogP contribution < -0.4 is 5.73 Å². The first-order chi connectivity index (χ1) is 33.1. The van der Waals surface area contributed by atoms with Crippen molar-refractivity contribution >= 4 is 17.5 Å². The summed E-state index contributed by atoms with van der Waals surface area (Å²) < 4.78 is 12.0. The van der Waals surface area contributed by atoms with E-state index in [9.17, 15) is 14.4 Å². The third kappa shape index (κ3) is 60.6. The third-order valence-corrected chi connectivity index (χ3v) is 12.5. The van der Waals surface area contributed by atoms with Crippen LogP contribution in [0.1, 0.15) is 320 Å². The lowest BCUT2D eigenvalue weighted by Crippen LogP contribution is -2.34. The number of allylic oxidation sites excluding steroid dienone is 1. The van der Waals surface area contributed by atoms with Gasteiger partial charge in [-0.2, -0.15) is 0 Å². The molecule has 2 atom stereocenters. The molecule has 0 aromatic heterocycles. The molecule has 0 radical (unpaired) electrons. The molecule has 7 nitrogen and oxygen atoms in total. The van der Waals surface area contributed by atoms with Crippen molar-refractivity contribution < 1.29 is 23.9 Å². The van der Waals surface area contributed by atoms with Crippen LogP contribution in [0.25, 0.3) is 0 Å². The van der Waals surface area contributed by atoms with Gasteiger partial charge in [-0.25, -0.2) is 0 Å². The minimum atomic E-state index is 0.0171. The SMILES string of the molecule is C=CCCCCCCCCCCC.CC.CCC.CCCC(=O)CC.CCCCCCCCC(CCCCCCCC)OC(=O)CCCCCCCOC[C@@H]1C[C@H](N)CN1CCCCCC(C)=O. The molecule has 1 heterocycles. The number of carbonyl (C=O) groups is 3. The Morgan fingerprint density at radius 2 is 1.03 bits per heavy atom. The van der Waals surface area contributed by atoms with Gasteiger partial charge in [0.2, 0.25) is 0 Å². The van der Waals surface area contributed by atoms with E-state index in [0.717, 1.165) is 110 Å². The maximum absolute atomic E-state index is 12.6. The first-order valence-corrected chi connectivity index (χ1v) is 30.0. The van der Waals surface area contributed by atoms with Gasteiger partial charge in [-0.1, -0.05) is 216 Å². The summed E-state index contributed by atoms with van der Waals surface area (Å²) in [4.78, 5) is 36.6. The second-order valence-electron chi connectivity index (χ2n) is 19.7. The Morgan fingerprint density at radius 3 is 1.49 bits per heavy atom. The zero-order chi connectivity index (χ0) is 51.6. The summed E-state index contributed by atoms with van der Waals surface area (Å²) in [6, 6.07) is 0.679. The minimum Gasteiger partial charge on any atom is -0.462 e. The van der Waals surface area contributed by atoms with Crippen molar-refractivity contribution in [3.05, 3.63) is 12.7 Å².